The molecule has 4 aromatic rings. The zero-order valence-electron chi connectivity index (χ0n) is 24.5. The number of β-amino-alcohol motifs (C(OH)–C–C–N with tert-alkyl or cyclic N) is 1. The maximum absolute atomic E-state index is 13.3. The molecule has 0 amide bonds. The summed E-state index contributed by atoms with van der Waals surface area (Å²) in [7, 11) is -2.21. The van der Waals surface area contributed by atoms with E-state index in [2.05, 4.69) is 49.5 Å². The molecule has 0 saturated carbocycles. The van der Waals surface area contributed by atoms with E-state index in [1.165, 1.54) is 27.7 Å². The molecule has 0 heterocycles. The van der Waals surface area contributed by atoms with Gasteiger partial charge in [0, 0.05) is 32.1 Å². The molecule has 0 aliphatic heterocycles. The number of nitrogens with zero attached hydrogens (tertiary/aromatic N) is 1. The van der Waals surface area contributed by atoms with Gasteiger partial charge in [-0.2, -0.15) is 0 Å². The van der Waals surface area contributed by atoms with Gasteiger partial charge in [-0.25, -0.2) is 12.7 Å². The van der Waals surface area contributed by atoms with Crippen LogP contribution in [0.2, 0.25) is 0 Å². The van der Waals surface area contributed by atoms with Crippen molar-refractivity contribution >= 4 is 26.8 Å². The minimum absolute atomic E-state index is 0.0260. The van der Waals surface area contributed by atoms with Crippen molar-refractivity contribution in [3.63, 3.8) is 0 Å². The van der Waals surface area contributed by atoms with E-state index in [-0.39, 0.29) is 30.8 Å². The summed E-state index contributed by atoms with van der Waals surface area (Å²) in [6.07, 6.45) is 0.378. The molecule has 42 heavy (non-hydrogen) atoms. The number of aliphatic hydroxyl groups excluding tert-OH is 1. The number of carbonyl (C=O) groups is 1. The maximum Gasteiger partial charge on any atom is 0.303 e. The molecule has 4 aromatic carbocycles. The van der Waals surface area contributed by atoms with Crippen LogP contribution in [0.3, 0.4) is 0 Å². The summed E-state index contributed by atoms with van der Waals surface area (Å²) in [5.74, 6) is -1.04. The van der Waals surface area contributed by atoms with Crippen LogP contribution >= 0.6 is 0 Å². The lowest BCUT2D eigenvalue weighted by atomic mass is 9.93. The monoisotopic (exact) mass is 588 g/mol. The molecule has 8 heteroatoms. The second-order valence-corrected chi connectivity index (χ2v) is 13.6. The summed E-state index contributed by atoms with van der Waals surface area (Å²) >= 11 is 0. The molecule has 0 bridgehead atoms. The molecule has 0 saturated heterocycles. The Morgan fingerprint density at radius 1 is 0.905 bits per heavy atom. The predicted octanol–water partition coefficient (Wildman–Crippen LogP) is 5.26. The zero-order valence-corrected chi connectivity index (χ0v) is 25.3. The average Bonchev–Trinajstić information content (AvgIpc) is 2.95. The quantitative estimate of drug-likeness (QED) is 0.186. The number of aryl methyl sites for hydroxylation is 1. The van der Waals surface area contributed by atoms with Gasteiger partial charge in [-0.05, 0) is 65.3 Å². The fourth-order valence-electron chi connectivity index (χ4n) is 5.13. The van der Waals surface area contributed by atoms with Gasteiger partial charge >= 0.3 is 5.97 Å². The zero-order chi connectivity index (χ0) is 30.3. The molecule has 0 spiro atoms. The highest BCUT2D eigenvalue weighted by Crippen LogP contribution is 2.27. The highest BCUT2D eigenvalue weighted by molar-refractivity contribution is 7.88. The maximum atomic E-state index is 13.3. The van der Waals surface area contributed by atoms with Crippen LogP contribution in [-0.2, 0) is 33.4 Å². The number of benzene rings is 4. The first-order chi connectivity index (χ1) is 19.9. The highest BCUT2D eigenvalue weighted by Gasteiger charge is 2.25. The number of carboxylic acids is 1. The van der Waals surface area contributed by atoms with E-state index in [1.54, 1.807) is 6.07 Å². The molecule has 0 aliphatic rings. The van der Waals surface area contributed by atoms with Crippen LogP contribution < -0.4 is 5.32 Å². The SMILES string of the molecule is CN(CC(O)CNC(C)(C)Cc1ccc2ccccc2c1)S(=O)(=O)Cc1ccccc1-c1ccc(CCC(=O)O)cc1. The van der Waals surface area contributed by atoms with E-state index in [9.17, 15) is 18.3 Å². The van der Waals surface area contributed by atoms with E-state index in [0.717, 1.165) is 23.1 Å². The number of aliphatic carboxylic acids is 1. The van der Waals surface area contributed by atoms with Crippen LogP contribution in [0.25, 0.3) is 21.9 Å². The van der Waals surface area contributed by atoms with Crippen molar-refractivity contribution in [2.45, 2.75) is 50.5 Å². The van der Waals surface area contributed by atoms with Gasteiger partial charge in [0.1, 0.15) is 0 Å². The summed E-state index contributed by atoms with van der Waals surface area (Å²) in [5, 5.41) is 25.5. The number of carboxylic acid groups (broad SMARTS) is 1. The Balaban J connectivity index is 1.34. The predicted molar refractivity (Wildman–Crippen MR) is 169 cm³/mol. The fourth-order valence-corrected chi connectivity index (χ4v) is 6.39. The molecule has 1 unspecified atom stereocenters. The third-order valence-corrected chi connectivity index (χ3v) is 9.24. The average molecular weight is 589 g/mol. The number of rotatable bonds is 14. The molecule has 7 nitrogen and oxygen atoms in total. The summed E-state index contributed by atoms with van der Waals surface area (Å²) in [6, 6.07) is 29.5. The summed E-state index contributed by atoms with van der Waals surface area (Å²) in [6.45, 7) is 4.38. The van der Waals surface area contributed by atoms with Gasteiger partial charge in [0.25, 0.3) is 0 Å². The Hall–Kier alpha value is -3.56. The van der Waals surface area contributed by atoms with Gasteiger partial charge in [-0.15, -0.1) is 0 Å². The lowest BCUT2D eigenvalue weighted by molar-refractivity contribution is -0.136. The summed E-state index contributed by atoms with van der Waals surface area (Å²) in [4.78, 5) is 10.9. The van der Waals surface area contributed by atoms with Crippen molar-refractivity contribution in [3.8, 4) is 11.1 Å². The van der Waals surface area contributed by atoms with Gasteiger partial charge in [0.15, 0.2) is 0 Å². The van der Waals surface area contributed by atoms with Gasteiger partial charge in [0.05, 0.1) is 11.9 Å². The molecule has 4 rings (SSSR count). The number of nitrogens with one attached hydrogen (secondary N) is 1. The fraction of sp³-hybridized carbons (Fsp3) is 0.324. The van der Waals surface area contributed by atoms with Crippen LogP contribution in [0.5, 0.6) is 0 Å². The van der Waals surface area contributed by atoms with Gasteiger partial charge in [-0.1, -0.05) is 91.0 Å². The van der Waals surface area contributed by atoms with Gasteiger partial charge < -0.3 is 15.5 Å². The molecule has 0 aromatic heterocycles. The van der Waals surface area contributed by atoms with Crippen LogP contribution in [0.4, 0.5) is 0 Å². The third-order valence-electron chi connectivity index (χ3n) is 7.47. The molecular formula is C34H40N2O5S. The summed E-state index contributed by atoms with van der Waals surface area (Å²) in [5.41, 5.74) is 4.12. The highest BCUT2D eigenvalue weighted by atomic mass is 32.2. The number of fused-ring (bicyclic) bond motifs is 1. The Kier molecular flexibility index (Phi) is 10.2. The normalized spacial score (nSPS) is 13.0. The molecule has 0 fully saturated rings. The van der Waals surface area contributed by atoms with Crippen LogP contribution in [0.1, 0.15) is 37.0 Å². The first-order valence-corrected chi connectivity index (χ1v) is 15.8. The van der Waals surface area contributed by atoms with E-state index in [4.69, 9.17) is 5.11 Å². The van der Waals surface area contributed by atoms with E-state index in [0.29, 0.717) is 12.0 Å². The van der Waals surface area contributed by atoms with Gasteiger partial charge in [-0.3, -0.25) is 4.79 Å². The van der Waals surface area contributed by atoms with Crippen molar-refractivity contribution < 1.29 is 23.4 Å². The van der Waals surface area contributed by atoms with Crippen molar-refractivity contribution in [1.82, 2.24) is 9.62 Å². The van der Waals surface area contributed by atoms with Crippen LogP contribution in [-0.4, -0.2) is 60.7 Å². The second kappa shape index (κ2) is 13.6. The topological polar surface area (TPSA) is 107 Å². The Bertz CT molecular complexity index is 1620. The number of hydrogen-bond acceptors (Lipinski definition) is 5. The Morgan fingerprint density at radius 2 is 1.55 bits per heavy atom. The smallest absolute Gasteiger partial charge is 0.303 e. The number of hydrogen-bond donors (Lipinski definition) is 3. The molecule has 1 atom stereocenters. The molecular weight excluding hydrogens is 548 g/mol. The molecule has 3 N–H and O–H groups in total. The molecule has 0 radical (unpaired) electrons. The first kappa shape index (κ1) is 31.4. The Labute approximate surface area is 248 Å². The minimum Gasteiger partial charge on any atom is -0.481 e. The number of aliphatic hydroxyl groups is 1. The van der Waals surface area contributed by atoms with Crippen LogP contribution in [0.15, 0.2) is 91.0 Å². The molecule has 0 aliphatic carbocycles. The molecule has 222 valence electrons. The standard InChI is InChI=1S/C34H40N2O5S/c1-34(2,21-26-14-16-27-8-4-5-9-29(27)20-26)35-22-31(37)23-36(3)42(40,41)24-30-10-6-7-11-32(30)28-17-12-25(13-18-28)15-19-33(38)39/h4-14,16-18,20,31,35,37H,15,19,21-24H2,1-3H3,(H,38,39). The third kappa shape index (κ3) is 8.72. The van der Waals surface area contributed by atoms with Crippen molar-refractivity contribution in [3.05, 3.63) is 108 Å². The number of likely N-dealkylation sites (N-methyl/N-ethyl adjacent to an activating group) is 1. The first-order valence-electron chi connectivity index (χ1n) is 14.2. The Morgan fingerprint density at radius 3 is 2.26 bits per heavy atom. The van der Waals surface area contributed by atoms with Crippen molar-refractivity contribution in [2.24, 2.45) is 0 Å². The lowest BCUT2D eigenvalue weighted by Gasteiger charge is -2.29. The minimum atomic E-state index is -3.71. The van der Waals surface area contributed by atoms with Gasteiger partial charge in [0.2, 0.25) is 10.0 Å². The number of sulfonamides is 1. The second-order valence-electron chi connectivity index (χ2n) is 11.6. The van der Waals surface area contributed by atoms with E-state index >= 15 is 0 Å². The lowest BCUT2D eigenvalue weighted by Crippen LogP contribution is -2.47. The van der Waals surface area contributed by atoms with E-state index < -0.39 is 22.1 Å². The van der Waals surface area contributed by atoms with E-state index in [1.807, 2.05) is 54.6 Å². The van der Waals surface area contributed by atoms with Crippen LogP contribution in [0, 0.1) is 0 Å². The van der Waals surface area contributed by atoms with Crippen molar-refractivity contribution in [1.29, 1.82) is 0 Å². The van der Waals surface area contributed by atoms with Crippen molar-refractivity contribution in [2.75, 3.05) is 20.1 Å². The summed E-state index contributed by atoms with van der Waals surface area (Å²) < 4.78 is 27.8. The largest absolute Gasteiger partial charge is 0.481 e.